The van der Waals surface area contributed by atoms with Crippen molar-refractivity contribution in [2.75, 3.05) is 0 Å². The van der Waals surface area contributed by atoms with Gasteiger partial charge in [-0.2, -0.15) is 5.10 Å². The second kappa shape index (κ2) is 8.73. The highest BCUT2D eigenvalue weighted by molar-refractivity contribution is 6.35. The molecule has 0 spiro atoms. The average Bonchev–Trinajstić information content (AvgIpc) is 3.34. The molecule has 2 aromatic heterocycles. The van der Waals surface area contributed by atoms with Gasteiger partial charge in [0, 0.05) is 38.2 Å². The lowest BCUT2D eigenvalue weighted by Crippen LogP contribution is -2.01. The number of halogens is 2. The molecule has 2 heterocycles. The van der Waals surface area contributed by atoms with Gasteiger partial charge in [0.25, 0.3) is 0 Å². The second-order valence-electron chi connectivity index (χ2n) is 6.77. The van der Waals surface area contributed by atoms with Crippen molar-refractivity contribution < 1.29 is 4.74 Å². The van der Waals surface area contributed by atoms with Crippen molar-refractivity contribution in [3.8, 4) is 11.4 Å². The number of hydrogen-bond acceptors (Lipinski definition) is 4. The van der Waals surface area contributed by atoms with Crippen LogP contribution in [0.1, 0.15) is 22.5 Å². The van der Waals surface area contributed by atoms with Crippen LogP contribution >= 0.6 is 23.2 Å². The zero-order valence-corrected chi connectivity index (χ0v) is 18.0. The molecule has 30 heavy (non-hydrogen) atoms. The normalized spacial score (nSPS) is 11.3. The Morgan fingerprint density at radius 2 is 1.73 bits per heavy atom. The molecule has 6 nitrogen and oxygen atoms in total. The molecule has 0 N–H and O–H groups in total. The van der Waals surface area contributed by atoms with Gasteiger partial charge < -0.3 is 9.30 Å². The number of ether oxygens (including phenoxy) is 1. The van der Waals surface area contributed by atoms with Crippen molar-refractivity contribution >= 4 is 29.4 Å². The van der Waals surface area contributed by atoms with Gasteiger partial charge in [-0.1, -0.05) is 29.3 Å². The van der Waals surface area contributed by atoms with Crippen LogP contribution in [0.3, 0.4) is 0 Å². The van der Waals surface area contributed by atoms with Gasteiger partial charge in [0.2, 0.25) is 0 Å². The summed E-state index contributed by atoms with van der Waals surface area (Å²) in [6.07, 6.45) is 4.90. The van der Waals surface area contributed by atoms with Gasteiger partial charge in [-0.3, -0.25) is 0 Å². The smallest absolute Gasteiger partial charge is 0.141 e. The maximum absolute atomic E-state index is 6.21. The zero-order chi connectivity index (χ0) is 21.1. The molecule has 0 aliphatic carbocycles. The Balaban J connectivity index is 1.50. The predicted molar refractivity (Wildman–Crippen MR) is 119 cm³/mol. The van der Waals surface area contributed by atoms with Crippen LogP contribution < -0.4 is 4.74 Å². The molecule has 0 aliphatic rings. The van der Waals surface area contributed by atoms with E-state index in [-0.39, 0.29) is 0 Å². The molecular weight excluding hydrogens is 421 g/mol. The number of rotatable bonds is 6. The van der Waals surface area contributed by atoms with Crippen molar-refractivity contribution in [3.63, 3.8) is 0 Å². The van der Waals surface area contributed by atoms with E-state index in [2.05, 4.69) is 39.8 Å². The van der Waals surface area contributed by atoms with E-state index in [1.165, 1.54) is 0 Å². The Labute approximate surface area is 184 Å². The van der Waals surface area contributed by atoms with Crippen LogP contribution in [0.15, 0.2) is 66.3 Å². The van der Waals surface area contributed by atoms with Crippen LogP contribution in [-0.4, -0.2) is 25.7 Å². The molecule has 0 aliphatic heterocycles. The number of aromatic nitrogens is 4. The van der Waals surface area contributed by atoms with E-state index in [4.69, 9.17) is 27.9 Å². The lowest BCUT2D eigenvalue weighted by atomic mass is 10.2. The molecule has 0 saturated heterocycles. The van der Waals surface area contributed by atoms with Gasteiger partial charge in [0.05, 0.1) is 6.21 Å². The summed E-state index contributed by atoms with van der Waals surface area (Å²) in [6.45, 7) is 4.50. The van der Waals surface area contributed by atoms with E-state index >= 15 is 0 Å². The van der Waals surface area contributed by atoms with Crippen molar-refractivity contribution in [2.24, 2.45) is 5.10 Å². The maximum atomic E-state index is 6.21. The Morgan fingerprint density at radius 3 is 2.43 bits per heavy atom. The molecule has 2 aromatic carbocycles. The topological polar surface area (TPSA) is 57.2 Å². The Kier molecular flexibility index (Phi) is 5.88. The standard InChI is InChI=1S/C22H19Cl2N5O/c1-15-9-18(11-27-28-13-25-26-14-28)16(2)29(15)20-5-7-21(8-6-20)30-12-17-3-4-19(23)10-22(17)24/h3-11,13-14H,12H2,1-2H3. The molecule has 0 saturated carbocycles. The van der Waals surface area contributed by atoms with Crippen molar-refractivity contribution in [1.82, 2.24) is 19.4 Å². The zero-order valence-electron chi connectivity index (χ0n) is 16.5. The van der Waals surface area contributed by atoms with Crippen LogP contribution in [0.2, 0.25) is 10.0 Å². The Morgan fingerprint density at radius 1 is 1.00 bits per heavy atom. The summed E-state index contributed by atoms with van der Waals surface area (Å²) < 4.78 is 9.61. The molecule has 0 radical (unpaired) electrons. The van der Waals surface area contributed by atoms with Crippen LogP contribution in [0, 0.1) is 13.8 Å². The predicted octanol–water partition coefficient (Wildman–Crippen LogP) is 5.45. The first kappa shape index (κ1) is 20.2. The summed E-state index contributed by atoms with van der Waals surface area (Å²) in [5.41, 5.74) is 5.16. The highest BCUT2D eigenvalue weighted by Crippen LogP contribution is 2.25. The van der Waals surface area contributed by atoms with Gasteiger partial charge in [0.1, 0.15) is 25.0 Å². The summed E-state index contributed by atoms with van der Waals surface area (Å²) in [5.74, 6) is 0.765. The molecule has 0 unspecified atom stereocenters. The van der Waals surface area contributed by atoms with Crippen molar-refractivity contribution in [3.05, 3.63) is 93.7 Å². The van der Waals surface area contributed by atoms with Crippen LogP contribution in [0.25, 0.3) is 5.69 Å². The summed E-state index contributed by atoms with van der Waals surface area (Å²) in [4.78, 5) is 0. The third-order valence-electron chi connectivity index (χ3n) is 4.71. The fourth-order valence-electron chi connectivity index (χ4n) is 3.19. The van der Waals surface area contributed by atoms with Gasteiger partial charge in [-0.25, -0.2) is 4.68 Å². The first-order valence-corrected chi connectivity index (χ1v) is 10.0. The molecule has 0 atom stereocenters. The van der Waals surface area contributed by atoms with E-state index in [1.54, 1.807) is 35.7 Å². The monoisotopic (exact) mass is 439 g/mol. The van der Waals surface area contributed by atoms with Gasteiger partial charge in [-0.15, -0.1) is 10.2 Å². The first-order valence-electron chi connectivity index (χ1n) is 9.26. The van der Waals surface area contributed by atoms with Crippen molar-refractivity contribution in [1.29, 1.82) is 0 Å². The quantitative estimate of drug-likeness (QED) is 0.375. The minimum absolute atomic E-state index is 0.376. The third kappa shape index (κ3) is 4.40. The Bertz CT molecular complexity index is 1180. The molecule has 8 heteroatoms. The molecule has 0 fully saturated rings. The van der Waals surface area contributed by atoms with E-state index in [0.717, 1.165) is 34.0 Å². The first-order chi connectivity index (χ1) is 14.5. The highest BCUT2D eigenvalue weighted by Gasteiger charge is 2.10. The molecule has 0 bridgehead atoms. The number of nitrogens with zero attached hydrogens (tertiary/aromatic N) is 5. The molecule has 4 rings (SSSR count). The fraction of sp³-hybridized carbons (Fsp3) is 0.136. The minimum atomic E-state index is 0.376. The number of hydrogen-bond donors (Lipinski definition) is 0. The summed E-state index contributed by atoms with van der Waals surface area (Å²) in [5, 5.41) is 13.0. The van der Waals surface area contributed by atoms with E-state index in [0.29, 0.717) is 16.7 Å². The van der Waals surface area contributed by atoms with Crippen LogP contribution in [0.5, 0.6) is 5.75 Å². The van der Waals surface area contributed by atoms with Gasteiger partial charge in [-0.05, 0) is 56.3 Å². The lowest BCUT2D eigenvalue weighted by molar-refractivity contribution is 0.306. The summed E-state index contributed by atoms with van der Waals surface area (Å²) in [7, 11) is 0. The minimum Gasteiger partial charge on any atom is -0.489 e. The van der Waals surface area contributed by atoms with E-state index < -0.39 is 0 Å². The average molecular weight is 440 g/mol. The van der Waals surface area contributed by atoms with Crippen molar-refractivity contribution in [2.45, 2.75) is 20.5 Å². The summed E-state index contributed by atoms with van der Waals surface area (Å²) in [6, 6.07) is 15.4. The largest absolute Gasteiger partial charge is 0.489 e. The SMILES string of the molecule is Cc1cc(C=Nn2cnnc2)c(C)n1-c1ccc(OCc2ccc(Cl)cc2Cl)cc1. The summed E-state index contributed by atoms with van der Waals surface area (Å²) >= 11 is 12.1. The van der Waals surface area contributed by atoms with Crippen LogP contribution in [0.4, 0.5) is 0 Å². The van der Waals surface area contributed by atoms with E-state index in [9.17, 15) is 0 Å². The third-order valence-corrected chi connectivity index (χ3v) is 5.30. The second-order valence-corrected chi connectivity index (χ2v) is 7.61. The molecular formula is C22H19Cl2N5O. The number of aryl methyl sites for hydroxylation is 1. The molecule has 0 amide bonds. The lowest BCUT2D eigenvalue weighted by Gasteiger charge is -2.12. The molecule has 4 aromatic rings. The molecule has 152 valence electrons. The Hall–Kier alpha value is -3.09. The number of benzene rings is 2. The maximum Gasteiger partial charge on any atom is 0.141 e. The van der Waals surface area contributed by atoms with Gasteiger partial charge in [0.15, 0.2) is 0 Å². The van der Waals surface area contributed by atoms with Crippen LogP contribution in [-0.2, 0) is 6.61 Å². The fourth-order valence-corrected chi connectivity index (χ4v) is 3.65. The van der Waals surface area contributed by atoms with E-state index in [1.807, 2.05) is 30.3 Å². The highest BCUT2D eigenvalue weighted by atomic mass is 35.5. The van der Waals surface area contributed by atoms with Gasteiger partial charge >= 0.3 is 0 Å².